The summed E-state index contributed by atoms with van der Waals surface area (Å²) in [4.78, 5) is 25.0. The molecule has 1 heterocycles. The van der Waals surface area contributed by atoms with Crippen LogP contribution < -0.4 is 20.3 Å². The molecule has 4 rings (SSSR count). The largest absolute Gasteiger partial charge is 0.493 e. The van der Waals surface area contributed by atoms with Gasteiger partial charge in [-0.1, -0.05) is 6.07 Å². The molecule has 1 aliphatic carbocycles. The lowest BCUT2D eigenvalue weighted by atomic mass is 10.1. The first-order valence-corrected chi connectivity index (χ1v) is 11.0. The van der Waals surface area contributed by atoms with Gasteiger partial charge in [0.2, 0.25) is 0 Å². The number of ether oxygens (including phenoxy) is 2. The van der Waals surface area contributed by atoms with Crippen LogP contribution in [0, 0.1) is 5.82 Å². The van der Waals surface area contributed by atoms with Gasteiger partial charge in [0.25, 0.3) is 11.5 Å². The molecular weight excluding hydrogens is 425 g/mol. The van der Waals surface area contributed by atoms with E-state index in [-0.39, 0.29) is 17.8 Å². The molecule has 7 nitrogen and oxygen atoms in total. The van der Waals surface area contributed by atoms with E-state index in [4.69, 9.17) is 9.47 Å². The van der Waals surface area contributed by atoms with Gasteiger partial charge in [-0.05, 0) is 80.6 Å². The monoisotopic (exact) mass is 451 g/mol. The normalized spacial score (nSPS) is 14.6. The van der Waals surface area contributed by atoms with Crippen molar-refractivity contribution in [1.82, 2.24) is 15.1 Å². The Morgan fingerprint density at radius 2 is 1.82 bits per heavy atom. The predicted molar refractivity (Wildman–Crippen MR) is 122 cm³/mol. The molecule has 1 saturated carbocycles. The highest BCUT2D eigenvalue weighted by Crippen LogP contribution is 2.33. The van der Waals surface area contributed by atoms with E-state index in [2.05, 4.69) is 10.4 Å². The third-order valence-corrected chi connectivity index (χ3v) is 5.74. The van der Waals surface area contributed by atoms with Gasteiger partial charge in [0.15, 0.2) is 11.5 Å². The molecule has 1 unspecified atom stereocenters. The number of aromatic nitrogens is 2. The zero-order chi connectivity index (χ0) is 23.4. The SMILES string of the molecule is COc1cc(C(C)NC(=O)c2ccc(=O)n(-c3ccc(F)cc3)n2)ccc1OC1CCCC1. The predicted octanol–water partition coefficient (Wildman–Crippen LogP) is 4.19. The summed E-state index contributed by atoms with van der Waals surface area (Å²) in [6.07, 6.45) is 4.66. The van der Waals surface area contributed by atoms with Crippen LogP contribution >= 0.6 is 0 Å². The van der Waals surface area contributed by atoms with Crippen LogP contribution in [0.15, 0.2) is 59.4 Å². The fourth-order valence-corrected chi connectivity index (χ4v) is 3.89. The maximum Gasteiger partial charge on any atom is 0.272 e. The van der Waals surface area contributed by atoms with Crippen LogP contribution in [-0.2, 0) is 0 Å². The van der Waals surface area contributed by atoms with Crippen molar-refractivity contribution in [2.24, 2.45) is 0 Å². The minimum Gasteiger partial charge on any atom is -0.493 e. The van der Waals surface area contributed by atoms with Crippen LogP contribution in [0.5, 0.6) is 11.5 Å². The van der Waals surface area contributed by atoms with Gasteiger partial charge in [0.05, 0.1) is 24.9 Å². The Balaban J connectivity index is 1.49. The summed E-state index contributed by atoms with van der Waals surface area (Å²) >= 11 is 0. The van der Waals surface area contributed by atoms with E-state index in [0.717, 1.165) is 23.1 Å². The molecule has 0 radical (unpaired) electrons. The summed E-state index contributed by atoms with van der Waals surface area (Å²) in [6.45, 7) is 1.85. The number of carbonyl (C=O) groups is 1. The maximum absolute atomic E-state index is 13.2. The van der Waals surface area contributed by atoms with Gasteiger partial charge in [-0.2, -0.15) is 9.78 Å². The first-order chi connectivity index (χ1) is 15.9. The molecular formula is C25H26FN3O4. The molecule has 33 heavy (non-hydrogen) atoms. The Hall–Kier alpha value is -3.68. The average molecular weight is 451 g/mol. The molecule has 2 aromatic carbocycles. The van der Waals surface area contributed by atoms with E-state index in [1.54, 1.807) is 7.11 Å². The van der Waals surface area contributed by atoms with Gasteiger partial charge in [-0.25, -0.2) is 4.39 Å². The first kappa shape index (κ1) is 22.5. The van der Waals surface area contributed by atoms with Crippen molar-refractivity contribution < 1.29 is 18.7 Å². The minimum atomic E-state index is -0.441. The molecule has 0 aliphatic heterocycles. The summed E-state index contributed by atoms with van der Waals surface area (Å²) in [7, 11) is 1.59. The molecule has 0 spiro atoms. The molecule has 1 N–H and O–H groups in total. The Morgan fingerprint density at radius 3 is 2.52 bits per heavy atom. The van der Waals surface area contributed by atoms with Crippen molar-refractivity contribution in [3.8, 4) is 17.2 Å². The number of nitrogens with one attached hydrogen (secondary N) is 1. The topological polar surface area (TPSA) is 82.5 Å². The zero-order valence-corrected chi connectivity index (χ0v) is 18.6. The molecule has 1 fully saturated rings. The van der Waals surface area contributed by atoms with Crippen LogP contribution in [-0.4, -0.2) is 28.9 Å². The Labute approximate surface area is 191 Å². The summed E-state index contributed by atoms with van der Waals surface area (Å²) < 4.78 is 25.9. The highest BCUT2D eigenvalue weighted by molar-refractivity contribution is 5.92. The van der Waals surface area contributed by atoms with Crippen LogP contribution in [0.25, 0.3) is 5.69 Å². The Bertz CT molecular complexity index is 1190. The van der Waals surface area contributed by atoms with Crippen LogP contribution in [0.3, 0.4) is 0 Å². The van der Waals surface area contributed by atoms with Crippen LogP contribution in [0.4, 0.5) is 4.39 Å². The minimum absolute atomic E-state index is 0.0685. The summed E-state index contributed by atoms with van der Waals surface area (Å²) in [5.74, 6) is 0.441. The molecule has 3 aromatic rings. The summed E-state index contributed by atoms with van der Waals surface area (Å²) in [5.41, 5.74) is 0.852. The van der Waals surface area contributed by atoms with E-state index in [1.165, 1.54) is 49.2 Å². The fraction of sp³-hybridized carbons (Fsp3) is 0.320. The number of nitrogens with zero attached hydrogens (tertiary/aromatic N) is 2. The van der Waals surface area contributed by atoms with Gasteiger partial charge in [0, 0.05) is 6.07 Å². The third kappa shape index (κ3) is 5.22. The average Bonchev–Trinajstić information content (AvgIpc) is 3.33. The number of halogens is 1. The highest BCUT2D eigenvalue weighted by atomic mass is 19.1. The Kier molecular flexibility index (Phi) is 6.72. The highest BCUT2D eigenvalue weighted by Gasteiger charge is 2.20. The lowest BCUT2D eigenvalue weighted by Gasteiger charge is -2.19. The van der Waals surface area contributed by atoms with Gasteiger partial charge in [-0.3, -0.25) is 9.59 Å². The third-order valence-electron chi connectivity index (χ3n) is 5.74. The Morgan fingerprint density at radius 1 is 1.09 bits per heavy atom. The number of amides is 1. The quantitative estimate of drug-likeness (QED) is 0.582. The van der Waals surface area contributed by atoms with E-state index < -0.39 is 17.3 Å². The van der Waals surface area contributed by atoms with E-state index >= 15 is 0 Å². The lowest BCUT2D eigenvalue weighted by molar-refractivity contribution is 0.0933. The van der Waals surface area contributed by atoms with Gasteiger partial charge in [0.1, 0.15) is 11.5 Å². The molecule has 1 amide bonds. The molecule has 1 aromatic heterocycles. The van der Waals surface area contributed by atoms with Crippen LogP contribution in [0.2, 0.25) is 0 Å². The van der Waals surface area contributed by atoms with E-state index in [9.17, 15) is 14.0 Å². The molecule has 0 saturated heterocycles. The van der Waals surface area contributed by atoms with Gasteiger partial charge < -0.3 is 14.8 Å². The van der Waals surface area contributed by atoms with Crippen molar-refractivity contribution >= 4 is 5.91 Å². The molecule has 8 heteroatoms. The van der Waals surface area contributed by atoms with Gasteiger partial charge in [-0.15, -0.1) is 0 Å². The van der Waals surface area contributed by atoms with E-state index in [0.29, 0.717) is 17.2 Å². The number of hydrogen-bond donors (Lipinski definition) is 1. The smallest absolute Gasteiger partial charge is 0.272 e. The summed E-state index contributed by atoms with van der Waals surface area (Å²) in [6, 6.07) is 13.2. The molecule has 1 atom stereocenters. The van der Waals surface area contributed by atoms with Crippen molar-refractivity contribution in [2.75, 3.05) is 7.11 Å². The number of hydrogen-bond acceptors (Lipinski definition) is 5. The number of rotatable bonds is 7. The fourth-order valence-electron chi connectivity index (χ4n) is 3.89. The zero-order valence-electron chi connectivity index (χ0n) is 18.6. The van der Waals surface area contributed by atoms with E-state index in [1.807, 2.05) is 25.1 Å². The first-order valence-electron chi connectivity index (χ1n) is 11.0. The lowest BCUT2D eigenvalue weighted by Crippen LogP contribution is -2.30. The molecule has 172 valence electrons. The van der Waals surface area contributed by atoms with Gasteiger partial charge >= 0.3 is 0 Å². The van der Waals surface area contributed by atoms with Crippen molar-refractivity contribution in [1.29, 1.82) is 0 Å². The van der Waals surface area contributed by atoms with Crippen molar-refractivity contribution in [3.63, 3.8) is 0 Å². The van der Waals surface area contributed by atoms with Crippen molar-refractivity contribution in [2.45, 2.75) is 44.8 Å². The number of carbonyl (C=O) groups excluding carboxylic acids is 1. The van der Waals surface area contributed by atoms with Crippen LogP contribution in [0.1, 0.15) is 54.7 Å². The number of benzene rings is 2. The maximum atomic E-state index is 13.2. The second kappa shape index (κ2) is 9.85. The second-order valence-corrected chi connectivity index (χ2v) is 8.07. The molecule has 1 aliphatic rings. The molecule has 0 bridgehead atoms. The summed E-state index contributed by atoms with van der Waals surface area (Å²) in [5, 5.41) is 7.04. The van der Waals surface area contributed by atoms with Crippen molar-refractivity contribution in [3.05, 3.63) is 82.0 Å². The number of methoxy groups -OCH3 is 1. The second-order valence-electron chi connectivity index (χ2n) is 8.07. The standard InChI is InChI=1S/C25H26FN3O4/c1-16(17-7-13-22(23(15-17)32-2)33-20-5-3-4-6-20)27-25(31)21-12-14-24(30)29(28-21)19-10-8-18(26)9-11-19/h7-16,20H,3-6H2,1-2H3,(H,27,31).